The number of ether oxygens (including phenoxy) is 1. The van der Waals surface area contributed by atoms with Gasteiger partial charge in [-0.15, -0.1) is 0 Å². The first-order valence-electron chi connectivity index (χ1n) is 7.34. The van der Waals surface area contributed by atoms with Gasteiger partial charge in [-0.2, -0.15) is 0 Å². The van der Waals surface area contributed by atoms with Crippen molar-refractivity contribution in [3.8, 4) is 0 Å². The van der Waals surface area contributed by atoms with Gasteiger partial charge in [-0.25, -0.2) is 0 Å². The van der Waals surface area contributed by atoms with E-state index in [-0.39, 0.29) is 17.1 Å². The van der Waals surface area contributed by atoms with Crippen LogP contribution in [0.3, 0.4) is 0 Å². The van der Waals surface area contributed by atoms with Crippen molar-refractivity contribution < 1.29 is 9.53 Å². The molecule has 0 bridgehead atoms. The number of piperidine rings is 1. The van der Waals surface area contributed by atoms with Gasteiger partial charge in [-0.1, -0.05) is 0 Å². The first kappa shape index (κ1) is 14.8. The number of rotatable bonds is 2. The smallest absolute Gasteiger partial charge is 0.236 e. The van der Waals surface area contributed by atoms with Crippen LogP contribution >= 0.6 is 0 Å². The van der Waals surface area contributed by atoms with E-state index in [4.69, 9.17) is 4.74 Å². The normalized spacial score (nSPS) is 34.2. The van der Waals surface area contributed by atoms with E-state index in [9.17, 15) is 4.79 Å². The van der Waals surface area contributed by atoms with Crippen molar-refractivity contribution in [1.29, 1.82) is 0 Å². The second kappa shape index (κ2) is 5.06. The van der Waals surface area contributed by atoms with Crippen LogP contribution in [0.4, 0.5) is 0 Å². The van der Waals surface area contributed by atoms with Crippen LogP contribution in [0.5, 0.6) is 0 Å². The summed E-state index contributed by atoms with van der Waals surface area (Å²) in [5.41, 5.74) is -0.0578. The van der Waals surface area contributed by atoms with Crippen LogP contribution in [0.2, 0.25) is 0 Å². The van der Waals surface area contributed by atoms with Crippen molar-refractivity contribution in [2.45, 2.75) is 51.2 Å². The maximum atomic E-state index is 12.2. The molecule has 19 heavy (non-hydrogen) atoms. The van der Waals surface area contributed by atoms with Crippen molar-refractivity contribution >= 4 is 5.91 Å². The Morgan fingerprint density at radius 2 is 2.00 bits per heavy atom. The summed E-state index contributed by atoms with van der Waals surface area (Å²) < 4.78 is 6.33. The zero-order valence-electron chi connectivity index (χ0n) is 13.0. The minimum atomic E-state index is -0.0450. The van der Waals surface area contributed by atoms with E-state index >= 15 is 0 Å². The number of hydrogen-bond donors (Lipinski definition) is 0. The summed E-state index contributed by atoms with van der Waals surface area (Å²) in [6.45, 7) is 8.78. The molecule has 0 aromatic carbocycles. The minimum Gasteiger partial charge on any atom is -0.369 e. The first-order valence-corrected chi connectivity index (χ1v) is 7.34. The molecule has 2 aliphatic rings. The maximum absolute atomic E-state index is 12.2. The molecule has 0 N–H and O–H groups in total. The van der Waals surface area contributed by atoms with Crippen LogP contribution in [0, 0.1) is 5.92 Å². The molecule has 2 saturated heterocycles. The standard InChI is InChI=1S/C15H28N2O2/c1-14(2)7-6-12-10-17(13(18)11-16(4)5)9-8-15(12,3)19-14/h12H,6-11H2,1-5H3/t12-,15+/m0/s1. The van der Waals surface area contributed by atoms with E-state index in [1.807, 2.05) is 23.9 Å². The molecular formula is C15H28N2O2. The molecule has 0 saturated carbocycles. The number of carbonyl (C=O) groups is 1. The Bertz CT molecular complexity index is 354. The highest BCUT2D eigenvalue weighted by Crippen LogP contribution is 2.43. The van der Waals surface area contributed by atoms with Crippen molar-refractivity contribution in [2.24, 2.45) is 5.92 Å². The number of likely N-dealkylation sites (tertiary alicyclic amines) is 1. The van der Waals surface area contributed by atoms with E-state index < -0.39 is 0 Å². The third-order valence-electron chi connectivity index (χ3n) is 4.59. The van der Waals surface area contributed by atoms with Gasteiger partial charge >= 0.3 is 0 Å². The lowest BCUT2D eigenvalue weighted by Crippen LogP contribution is -2.59. The molecule has 2 fully saturated rings. The van der Waals surface area contributed by atoms with Gasteiger partial charge in [0.25, 0.3) is 0 Å². The first-order chi connectivity index (χ1) is 8.72. The Morgan fingerprint density at radius 1 is 1.32 bits per heavy atom. The molecule has 0 unspecified atom stereocenters. The minimum absolute atomic E-state index is 0.0128. The van der Waals surface area contributed by atoms with Crippen LogP contribution in [0.15, 0.2) is 0 Å². The van der Waals surface area contributed by atoms with E-state index in [1.165, 1.54) is 0 Å². The average Bonchev–Trinajstić information content (AvgIpc) is 2.25. The number of hydrogen-bond acceptors (Lipinski definition) is 3. The van der Waals surface area contributed by atoms with Crippen molar-refractivity contribution in [2.75, 3.05) is 33.7 Å². The molecule has 2 atom stereocenters. The number of carbonyl (C=O) groups excluding carboxylic acids is 1. The molecule has 0 aromatic rings. The van der Waals surface area contributed by atoms with Crippen LogP contribution in [-0.4, -0.2) is 60.6 Å². The molecule has 1 amide bonds. The molecule has 0 spiro atoms. The molecular weight excluding hydrogens is 240 g/mol. The summed E-state index contributed by atoms with van der Waals surface area (Å²) >= 11 is 0. The number of likely N-dealkylation sites (N-methyl/N-ethyl adjacent to an activating group) is 1. The second-order valence-corrected chi connectivity index (χ2v) is 7.24. The van der Waals surface area contributed by atoms with E-state index in [0.717, 1.165) is 32.4 Å². The summed E-state index contributed by atoms with van der Waals surface area (Å²) in [5, 5.41) is 0. The van der Waals surface area contributed by atoms with Gasteiger partial charge in [0.15, 0.2) is 0 Å². The Kier molecular flexibility index (Phi) is 3.94. The van der Waals surface area contributed by atoms with Gasteiger partial charge < -0.3 is 14.5 Å². The van der Waals surface area contributed by atoms with E-state index in [1.54, 1.807) is 0 Å². The number of nitrogens with zero attached hydrogens (tertiary/aromatic N) is 2. The fraction of sp³-hybridized carbons (Fsp3) is 0.933. The van der Waals surface area contributed by atoms with Crippen LogP contribution in [0.1, 0.15) is 40.0 Å². The molecule has 2 rings (SSSR count). The predicted molar refractivity (Wildman–Crippen MR) is 76.0 cm³/mol. The number of fused-ring (bicyclic) bond motifs is 1. The maximum Gasteiger partial charge on any atom is 0.236 e. The fourth-order valence-corrected chi connectivity index (χ4v) is 3.44. The highest BCUT2D eigenvalue weighted by atomic mass is 16.5. The van der Waals surface area contributed by atoms with Gasteiger partial charge in [-0.3, -0.25) is 4.79 Å². The van der Waals surface area contributed by atoms with Crippen LogP contribution in [-0.2, 0) is 9.53 Å². The summed E-state index contributed by atoms with van der Waals surface area (Å²) in [7, 11) is 3.89. The third kappa shape index (κ3) is 3.29. The summed E-state index contributed by atoms with van der Waals surface area (Å²) in [5.74, 6) is 0.734. The molecule has 4 nitrogen and oxygen atoms in total. The second-order valence-electron chi connectivity index (χ2n) is 7.24. The molecule has 4 heteroatoms. The third-order valence-corrected chi connectivity index (χ3v) is 4.59. The lowest BCUT2D eigenvalue weighted by atomic mass is 9.74. The molecule has 110 valence electrons. The lowest BCUT2D eigenvalue weighted by molar-refractivity contribution is -0.214. The van der Waals surface area contributed by atoms with E-state index in [2.05, 4.69) is 20.8 Å². The summed E-state index contributed by atoms with van der Waals surface area (Å²) in [6.07, 6.45) is 3.21. The molecule has 2 heterocycles. The van der Waals surface area contributed by atoms with Gasteiger partial charge in [0.1, 0.15) is 0 Å². The van der Waals surface area contributed by atoms with Crippen molar-refractivity contribution in [3.63, 3.8) is 0 Å². The van der Waals surface area contributed by atoms with Crippen molar-refractivity contribution in [1.82, 2.24) is 9.80 Å². The Hall–Kier alpha value is -0.610. The van der Waals surface area contributed by atoms with Crippen LogP contribution < -0.4 is 0 Å². The summed E-state index contributed by atoms with van der Waals surface area (Å²) in [4.78, 5) is 16.1. The van der Waals surface area contributed by atoms with E-state index in [0.29, 0.717) is 12.5 Å². The van der Waals surface area contributed by atoms with Gasteiger partial charge in [0.2, 0.25) is 5.91 Å². The Morgan fingerprint density at radius 3 is 2.63 bits per heavy atom. The summed E-state index contributed by atoms with van der Waals surface area (Å²) in [6, 6.07) is 0. The largest absolute Gasteiger partial charge is 0.369 e. The zero-order chi connectivity index (χ0) is 14.3. The van der Waals surface area contributed by atoms with Crippen LogP contribution in [0.25, 0.3) is 0 Å². The van der Waals surface area contributed by atoms with Gasteiger partial charge in [-0.05, 0) is 54.1 Å². The Labute approximate surface area is 117 Å². The molecule has 0 aliphatic carbocycles. The molecule has 0 radical (unpaired) electrons. The fourth-order valence-electron chi connectivity index (χ4n) is 3.44. The molecule has 0 aromatic heterocycles. The number of amides is 1. The van der Waals surface area contributed by atoms with Crippen molar-refractivity contribution in [3.05, 3.63) is 0 Å². The topological polar surface area (TPSA) is 32.8 Å². The predicted octanol–water partition coefficient (Wildman–Crippen LogP) is 1.74. The SMILES string of the molecule is CN(C)CC(=O)N1CC[C@@]2(C)OC(C)(C)CC[C@H]2C1. The highest BCUT2D eigenvalue weighted by molar-refractivity contribution is 5.78. The average molecular weight is 268 g/mol. The lowest BCUT2D eigenvalue weighted by Gasteiger charge is -2.53. The Balaban J connectivity index is 2.00. The van der Waals surface area contributed by atoms with Gasteiger partial charge in [0.05, 0.1) is 17.7 Å². The zero-order valence-corrected chi connectivity index (χ0v) is 13.0. The highest BCUT2D eigenvalue weighted by Gasteiger charge is 2.47. The quantitative estimate of drug-likeness (QED) is 0.765. The van der Waals surface area contributed by atoms with Gasteiger partial charge in [0, 0.05) is 19.0 Å². The molecule has 2 aliphatic heterocycles. The monoisotopic (exact) mass is 268 g/mol.